The highest BCUT2D eigenvalue weighted by atomic mass is 32.2. The van der Waals surface area contributed by atoms with Crippen LogP contribution in [0.3, 0.4) is 0 Å². The van der Waals surface area contributed by atoms with Gasteiger partial charge in [0, 0.05) is 36.3 Å². The van der Waals surface area contributed by atoms with Gasteiger partial charge in [-0.2, -0.15) is 11.8 Å². The summed E-state index contributed by atoms with van der Waals surface area (Å²) in [6.07, 6.45) is 4.97. The molecule has 0 saturated carbocycles. The highest BCUT2D eigenvalue weighted by molar-refractivity contribution is 7.99. The fraction of sp³-hybridized carbons (Fsp3) is 0.615. The van der Waals surface area contributed by atoms with E-state index in [0.717, 1.165) is 0 Å². The van der Waals surface area contributed by atoms with Crippen LogP contribution in [-0.2, 0) is 0 Å². The molecule has 1 fully saturated rings. The SMILES string of the molecule is CC(N)C(c1ccncc1)N(C)C1CCSC1. The van der Waals surface area contributed by atoms with Crippen molar-refractivity contribution in [2.24, 2.45) is 5.73 Å². The molecule has 2 heterocycles. The summed E-state index contributed by atoms with van der Waals surface area (Å²) in [5.41, 5.74) is 7.44. The van der Waals surface area contributed by atoms with Crippen molar-refractivity contribution in [3.05, 3.63) is 30.1 Å². The van der Waals surface area contributed by atoms with E-state index in [0.29, 0.717) is 12.1 Å². The van der Waals surface area contributed by atoms with Crippen molar-refractivity contribution in [3.63, 3.8) is 0 Å². The van der Waals surface area contributed by atoms with Gasteiger partial charge in [-0.05, 0) is 43.8 Å². The van der Waals surface area contributed by atoms with Gasteiger partial charge < -0.3 is 5.73 Å². The van der Waals surface area contributed by atoms with Gasteiger partial charge in [-0.3, -0.25) is 9.88 Å². The lowest BCUT2D eigenvalue weighted by Gasteiger charge is -2.35. The topological polar surface area (TPSA) is 42.1 Å². The first-order valence-corrected chi connectivity index (χ1v) is 7.31. The molecule has 17 heavy (non-hydrogen) atoms. The maximum Gasteiger partial charge on any atom is 0.0497 e. The van der Waals surface area contributed by atoms with E-state index in [1.165, 1.54) is 23.5 Å². The predicted octanol–water partition coefficient (Wildman–Crippen LogP) is 1.91. The van der Waals surface area contributed by atoms with Crippen molar-refractivity contribution < 1.29 is 0 Å². The normalized spacial score (nSPS) is 23.9. The average molecular weight is 251 g/mol. The van der Waals surface area contributed by atoms with Crippen molar-refractivity contribution >= 4 is 11.8 Å². The van der Waals surface area contributed by atoms with Gasteiger partial charge in [0.25, 0.3) is 0 Å². The maximum atomic E-state index is 6.17. The number of rotatable bonds is 4. The van der Waals surface area contributed by atoms with Gasteiger partial charge in [0.05, 0.1) is 0 Å². The van der Waals surface area contributed by atoms with Gasteiger partial charge in [0.15, 0.2) is 0 Å². The Labute approximate surface area is 108 Å². The molecule has 3 unspecified atom stereocenters. The van der Waals surface area contributed by atoms with Gasteiger partial charge in [-0.25, -0.2) is 0 Å². The highest BCUT2D eigenvalue weighted by Gasteiger charge is 2.29. The van der Waals surface area contributed by atoms with E-state index in [1.54, 1.807) is 0 Å². The molecule has 0 aliphatic carbocycles. The number of nitrogens with two attached hydrogens (primary N) is 1. The van der Waals surface area contributed by atoms with Crippen molar-refractivity contribution in [2.45, 2.75) is 31.5 Å². The zero-order valence-electron chi connectivity index (χ0n) is 10.5. The van der Waals surface area contributed by atoms with Gasteiger partial charge in [-0.1, -0.05) is 0 Å². The molecule has 2 N–H and O–H groups in total. The van der Waals surface area contributed by atoms with Crippen LogP contribution in [0.4, 0.5) is 0 Å². The average Bonchev–Trinajstić information content (AvgIpc) is 2.83. The Morgan fingerprint density at radius 3 is 2.71 bits per heavy atom. The molecular formula is C13H21N3S. The molecule has 0 bridgehead atoms. The number of aromatic nitrogens is 1. The Balaban J connectivity index is 2.17. The molecule has 3 nitrogen and oxygen atoms in total. The molecule has 4 heteroatoms. The molecule has 3 atom stereocenters. The predicted molar refractivity (Wildman–Crippen MR) is 74.1 cm³/mol. The first-order chi connectivity index (χ1) is 8.20. The highest BCUT2D eigenvalue weighted by Crippen LogP contribution is 2.29. The number of hydrogen-bond donors (Lipinski definition) is 1. The number of pyridine rings is 1. The van der Waals surface area contributed by atoms with Crippen molar-refractivity contribution in [1.29, 1.82) is 0 Å². The lowest BCUT2D eigenvalue weighted by atomic mass is 9.99. The molecule has 0 spiro atoms. The van der Waals surface area contributed by atoms with Crippen LogP contribution in [0, 0.1) is 0 Å². The van der Waals surface area contributed by atoms with E-state index in [1.807, 2.05) is 24.2 Å². The Kier molecular flexibility index (Phi) is 4.42. The molecule has 0 amide bonds. The zero-order valence-corrected chi connectivity index (χ0v) is 11.4. The maximum absolute atomic E-state index is 6.17. The number of nitrogens with zero attached hydrogens (tertiary/aromatic N) is 2. The van der Waals surface area contributed by atoms with Crippen LogP contribution in [-0.4, -0.2) is 40.5 Å². The fourth-order valence-corrected chi connectivity index (χ4v) is 3.82. The third kappa shape index (κ3) is 3.00. The minimum atomic E-state index is 0.132. The third-order valence-electron chi connectivity index (χ3n) is 3.47. The molecule has 1 aromatic rings. The Morgan fingerprint density at radius 2 is 2.18 bits per heavy atom. The Hall–Kier alpha value is -0.580. The molecule has 1 aromatic heterocycles. The molecular weight excluding hydrogens is 230 g/mol. The lowest BCUT2D eigenvalue weighted by molar-refractivity contribution is 0.168. The number of hydrogen-bond acceptors (Lipinski definition) is 4. The number of likely N-dealkylation sites (N-methyl/N-ethyl adjacent to an activating group) is 1. The summed E-state index contributed by atoms with van der Waals surface area (Å²) in [5.74, 6) is 2.50. The quantitative estimate of drug-likeness (QED) is 0.887. The molecule has 94 valence electrons. The van der Waals surface area contributed by atoms with Gasteiger partial charge in [0.1, 0.15) is 0 Å². The minimum Gasteiger partial charge on any atom is -0.326 e. The summed E-state index contributed by atoms with van der Waals surface area (Å²) in [6.45, 7) is 2.09. The van der Waals surface area contributed by atoms with E-state index in [-0.39, 0.29) is 6.04 Å². The molecule has 0 radical (unpaired) electrons. The fourth-order valence-electron chi connectivity index (χ4n) is 2.54. The first-order valence-electron chi connectivity index (χ1n) is 6.15. The van der Waals surface area contributed by atoms with Crippen molar-refractivity contribution in [2.75, 3.05) is 18.6 Å². The molecule has 2 rings (SSSR count). The van der Waals surface area contributed by atoms with Crippen LogP contribution in [0.25, 0.3) is 0 Å². The second-order valence-electron chi connectivity index (χ2n) is 4.77. The monoisotopic (exact) mass is 251 g/mol. The van der Waals surface area contributed by atoms with Crippen LogP contribution in [0.5, 0.6) is 0 Å². The molecule has 1 aliphatic heterocycles. The lowest BCUT2D eigenvalue weighted by Crippen LogP contribution is -2.43. The van der Waals surface area contributed by atoms with E-state index in [2.05, 4.69) is 36.0 Å². The third-order valence-corrected chi connectivity index (χ3v) is 4.61. The largest absolute Gasteiger partial charge is 0.326 e. The van der Waals surface area contributed by atoms with E-state index < -0.39 is 0 Å². The summed E-state index contributed by atoms with van der Waals surface area (Å²) >= 11 is 2.04. The molecule has 0 aromatic carbocycles. The zero-order chi connectivity index (χ0) is 12.3. The first kappa shape index (κ1) is 12.9. The van der Waals surface area contributed by atoms with Gasteiger partial charge >= 0.3 is 0 Å². The Morgan fingerprint density at radius 1 is 1.47 bits per heavy atom. The van der Waals surface area contributed by atoms with E-state index >= 15 is 0 Å². The van der Waals surface area contributed by atoms with Crippen LogP contribution in [0.1, 0.15) is 24.9 Å². The standard InChI is InChI=1S/C13H21N3S/c1-10(14)13(11-3-6-15-7-4-11)16(2)12-5-8-17-9-12/h3-4,6-7,10,12-13H,5,8-9,14H2,1-2H3. The Bertz CT molecular complexity index is 336. The van der Waals surface area contributed by atoms with Crippen molar-refractivity contribution in [1.82, 2.24) is 9.88 Å². The second kappa shape index (κ2) is 5.85. The van der Waals surface area contributed by atoms with Crippen LogP contribution in [0.2, 0.25) is 0 Å². The van der Waals surface area contributed by atoms with Crippen molar-refractivity contribution in [3.8, 4) is 0 Å². The number of thioether (sulfide) groups is 1. The minimum absolute atomic E-state index is 0.132. The van der Waals surface area contributed by atoms with Crippen LogP contribution >= 0.6 is 11.8 Å². The smallest absolute Gasteiger partial charge is 0.0497 e. The van der Waals surface area contributed by atoms with E-state index in [4.69, 9.17) is 5.73 Å². The summed E-state index contributed by atoms with van der Waals surface area (Å²) in [5, 5.41) is 0. The summed E-state index contributed by atoms with van der Waals surface area (Å²) in [4.78, 5) is 6.52. The van der Waals surface area contributed by atoms with Gasteiger partial charge in [0.2, 0.25) is 0 Å². The molecule has 1 saturated heterocycles. The van der Waals surface area contributed by atoms with Gasteiger partial charge in [-0.15, -0.1) is 0 Å². The second-order valence-corrected chi connectivity index (χ2v) is 5.92. The van der Waals surface area contributed by atoms with Crippen LogP contribution < -0.4 is 5.73 Å². The summed E-state index contributed by atoms with van der Waals surface area (Å²) < 4.78 is 0. The van der Waals surface area contributed by atoms with Crippen LogP contribution in [0.15, 0.2) is 24.5 Å². The van der Waals surface area contributed by atoms with E-state index in [9.17, 15) is 0 Å². The summed E-state index contributed by atoms with van der Waals surface area (Å²) in [6, 6.07) is 5.23. The summed E-state index contributed by atoms with van der Waals surface area (Å²) in [7, 11) is 2.20. The molecule has 1 aliphatic rings.